The number of ether oxygens (including phenoxy) is 1. The van der Waals surface area contributed by atoms with Crippen molar-refractivity contribution in [2.24, 2.45) is 0 Å². The predicted octanol–water partition coefficient (Wildman–Crippen LogP) is 3.06. The van der Waals surface area contributed by atoms with E-state index < -0.39 is 0 Å². The topological polar surface area (TPSA) is 12.5 Å². The first-order chi connectivity index (χ1) is 6.83. The monoisotopic (exact) mass is 213 g/mol. The number of rotatable bonds is 3. The molecule has 1 saturated heterocycles. The van der Waals surface area contributed by atoms with Gasteiger partial charge in [-0.2, -0.15) is 0 Å². The number of hydrogen-bond acceptors (Lipinski definition) is 2. The van der Waals surface area contributed by atoms with Gasteiger partial charge in [0.05, 0.1) is 6.10 Å². The van der Waals surface area contributed by atoms with Gasteiger partial charge in [-0.05, 0) is 53.5 Å². The molecule has 0 saturated carbocycles. The van der Waals surface area contributed by atoms with Crippen LogP contribution in [0.3, 0.4) is 0 Å². The molecule has 0 spiro atoms. The Bertz CT molecular complexity index is 193. The maximum Gasteiger partial charge on any atom is 0.0606 e. The van der Waals surface area contributed by atoms with Crippen molar-refractivity contribution in [2.45, 2.75) is 71.1 Å². The van der Waals surface area contributed by atoms with Gasteiger partial charge in [0.1, 0.15) is 0 Å². The summed E-state index contributed by atoms with van der Waals surface area (Å²) in [5.74, 6) is 0. The second-order valence-electron chi connectivity index (χ2n) is 6.04. The SMILES string of the molecule is CCCN1C(C)(C)CC(OC)CC1(C)C. The van der Waals surface area contributed by atoms with Crippen molar-refractivity contribution in [1.29, 1.82) is 0 Å². The third-order valence-corrected chi connectivity index (χ3v) is 3.70. The van der Waals surface area contributed by atoms with Crippen LogP contribution in [-0.4, -0.2) is 35.7 Å². The molecule has 0 radical (unpaired) electrons. The van der Waals surface area contributed by atoms with Crippen molar-refractivity contribution in [3.05, 3.63) is 0 Å². The minimum Gasteiger partial charge on any atom is -0.381 e. The minimum absolute atomic E-state index is 0.262. The van der Waals surface area contributed by atoms with Gasteiger partial charge in [-0.25, -0.2) is 0 Å². The number of piperidine rings is 1. The highest BCUT2D eigenvalue weighted by Crippen LogP contribution is 2.39. The molecule has 1 aliphatic heterocycles. The van der Waals surface area contributed by atoms with Gasteiger partial charge in [0.25, 0.3) is 0 Å². The lowest BCUT2D eigenvalue weighted by Crippen LogP contribution is -2.62. The number of methoxy groups -OCH3 is 1. The molecule has 0 unspecified atom stereocenters. The second kappa shape index (κ2) is 4.42. The van der Waals surface area contributed by atoms with Gasteiger partial charge in [-0.15, -0.1) is 0 Å². The molecular formula is C13H27NO. The van der Waals surface area contributed by atoms with Crippen LogP contribution in [0.25, 0.3) is 0 Å². The van der Waals surface area contributed by atoms with Crippen LogP contribution >= 0.6 is 0 Å². The molecule has 1 fully saturated rings. The Kier molecular flexibility index (Phi) is 3.83. The van der Waals surface area contributed by atoms with Crippen molar-refractivity contribution in [3.8, 4) is 0 Å². The average molecular weight is 213 g/mol. The van der Waals surface area contributed by atoms with Crippen molar-refractivity contribution in [1.82, 2.24) is 4.90 Å². The van der Waals surface area contributed by atoms with E-state index >= 15 is 0 Å². The zero-order valence-electron chi connectivity index (χ0n) is 11.3. The van der Waals surface area contributed by atoms with Crippen LogP contribution < -0.4 is 0 Å². The normalized spacial score (nSPS) is 26.8. The van der Waals surface area contributed by atoms with E-state index in [1.54, 1.807) is 0 Å². The molecule has 90 valence electrons. The highest BCUT2D eigenvalue weighted by Gasteiger charge is 2.44. The molecule has 0 aliphatic carbocycles. The molecule has 1 aliphatic rings. The van der Waals surface area contributed by atoms with Gasteiger partial charge in [-0.3, -0.25) is 4.90 Å². The number of hydrogen-bond donors (Lipinski definition) is 0. The molecule has 0 amide bonds. The summed E-state index contributed by atoms with van der Waals surface area (Å²) in [6.07, 6.45) is 3.94. The van der Waals surface area contributed by atoms with Gasteiger partial charge in [-0.1, -0.05) is 6.92 Å². The smallest absolute Gasteiger partial charge is 0.0606 e. The van der Waals surface area contributed by atoms with Gasteiger partial charge in [0.2, 0.25) is 0 Å². The fourth-order valence-corrected chi connectivity index (χ4v) is 3.22. The maximum absolute atomic E-state index is 5.56. The summed E-state index contributed by atoms with van der Waals surface area (Å²) in [4.78, 5) is 2.65. The maximum atomic E-state index is 5.56. The standard InChI is InChI=1S/C13H27NO/c1-7-8-14-12(2,3)9-11(15-6)10-13(14,4)5/h11H,7-10H2,1-6H3. The zero-order chi connectivity index (χ0) is 11.7. The Labute approximate surface area is 95.0 Å². The van der Waals surface area contributed by atoms with Crippen molar-refractivity contribution < 1.29 is 4.74 Å². The lowest BCUT2D eigenvalue weighted by Gasteiger charge is -2.55. The van der Waals surface area contributed by atoms with E-state index in [4.69, 9.17) is 4.74 Å². The van der Waals surface area contributed by atoms with Crippen LogP contribution in [0.1, 0.15) is 53.9 Å². The van der Waals surface area contributed by atoms with Crippen LogP contribution in [0, 0.1) is 0 Å². The molecule has 2 nitrogen and oxygen atoms in total. The molecule has 0 aromatic carbocycles. The van der Waals surface area contributed by atoms with Crippen LogP contribution in [-0.2, 0) is 4.74 Å². The van der Waals surface area contributed by atoms with Crippen LogP contribution in [0.4, 0.5) is 0 Å². The van der Waals surface area contributed by atoms with Crippen LogP contribution in [0.2, 0.25) is 0 Å². The quantitative estimate of drug-likeness (QED) is 0.714. The summed E-state index contributed by atoms with van der Waals surface area (Å²) in [6, 6.07) is 0. The summed E-state index contributed by atoms with van der Waals surface area (Å²) in [5.41, 5.74) is 0.525. The molecule has 0 N–H and O–H groups in total. The minimum atomic E-state index is 0.262. The zero-order valence-corrected chi connectivity index (χ0v) is 11.3. The van der Waals surface area contributed by atoms with Crippen LogP contribution in [0.15, 0.2) is 0 Å². The Morgan fingerprint density at radius 2 is 1.60 bits per heavy atom. The summed E-state index contributed by atoms with van der Waals surface area (Å²) < 4.78 is 5.56. The Hall–Kier alpha value is -0.0800. The van der Waals surface area contributed by atoms with Gasteiger partial charge >= 0.3 is 0 Å². The fraction of sp³-hybridized carbons (Fsp3) is 1.00. The van der Waals surface area contributed by atoms with Crippen LogP contribution in [0.5, 0.6) is 0 Å². The first-order valence-electron chi connectivity index (χ1n) is 6.14. The molecule has 1 heterocycles. The van der Waals surface area contributed by atoms with E-state index in [0.29, 0.717) is 6.10 Å². The lowest BCUT2D eigenvalue weighted by atomic mass is 9.78. The molecular weight excluding hydrogens is 186 g/mol. The Balaban J connectivity index is 2.85. The molecule has 1 rings (SSSR count). The number of nitrogens with zero attached hydrogens (tertiary/aromatic N) is 1. The number of likely N-dealkylation sites (tertiary alicyclic amines) is 1. The van der Waals surface area contributed by atoms with E-state index in [9.17, 15) is 0 Å². The summed E-state index contributed by atoms with van der Waals surface area (Å²) >= 11 is 0. The van der Waals surface area contributed by atoms with E-state index in [0.717, 1.165) is 12.8 Å². The fourth-order valence-electron chi connectivity index (χ4n) is 3.22. The van der Waals surface area contributed by atoms with E-state index in [-0.39, 0.29) is 11.1 Å². The van der Waals surface area contributed by atoms with E-state index in [1.165, 1.54) is 13.0 Å². The highest BCUT2D eigenvalue weighted by molar-refractivity contribution is 5.00. The Morgan fingerprint density at radius 1 is 1.13 bits per heavy atom. The molecule has 0 aromatic heterocycles. The third-order valence-electron chi connectivity index (χ3n) is 3.70. The highest BCUT2D eigenvalue weighted by atomic mass is 16.5. The molecule has 0 atom stereocenters. The van der Waals surface area contributed by atoms with Gasteiger partial charge in [0.15, 0.2) is 0 Å². The molecule has 0 bridgehead atoms. The lowest BCUT2D eigenvalue weighted by molar-refractivity contribution is -0.0923. The average Bonchev–Trinajstić information content (AvgIpc) is 2.10. The molecule has 2 heteroatoms. The van der Waals surface area contributed by atoms with Gasteiger partial charge in [0, 0.05) is 18.2 Å². The first kappa shape index (κ1) is 13.0. The summed E-state index contributed by atoms with van der Waals surface area (Å²) in [5, 5.41) is 0. The van der Waals surface area contributed by atoms with Crippen molar-refractivity contribution >= 4 is 0 Å². The largest absolute Gasteiger partial charge is 0.381 e. The van der Waals surface area contributed by atoms with Crippen molar-refractivity contribution in [2.75, 3.05) is 13.7 Å². The van der Waals surface area contributed by atoms with E-state index in [1.807, 2.05) is 7.11 Å². The first-order valence-corrected chi connectivity index (χ1v) is 6.14. The summed E-state index contributed by atoms with van der Waals surface area (Å²) in [6.45, 7) is 12.8. The third kappa shape index (κ3) is 2.73. The van der Waals surface area contributed by atoms with Crippen molar-refractivity contribution in [3.63, 3.8) is 0 Å². The summed E-state index contributed by atoms with van der Waals surface area (Å²) in [7, 11) is 1.84. The molecule has 0 aromatic rings. The van der Waals surface area contributed by atoms with E-state index in [2.05, 4.69) is 39.5 Å². The second-order valence-corrected chi connectivity index (χ2v) is 6.04. The van der Waals surface area contributed by atoms with Gasteiger partial charge < -0.3 is 4.74 Å². The predicted molar refractivity (Wildman–Crippen MR) is 65.2 cm³/mol. The molecule has 15 heavy (non-hydrogen) atoms. The Morgan fingerprint density at radius 3 is 1.93 bits per heavy atom.